The zero-order chi connectivity index (χ0) is 13.8. The quantitative estimate of drug-likeness (QED) is 0.785. The summed E-state index contributed by atoms with van der Waals surface area (Å²) in [4.78, 5) is 30.1. The largest absolute Gasteiger partial charge is 0.350 e. The Morgan fingerprint density at radius 1 is 1.47 bits per heavy atom. The Hall–Kier alpha value is -2.37. The molecule has 1 amide bonds. The number of rotatable bonds is 5. The summed E-state index contributed by atoms with van der Waals surface area (Å²) in [5.41, 5.74) is 1.99. The summed E-state index contributed by atoms with van der Waals surface area (Å²) < 4.78 is 1.66. The Bertz CT molecular complexity index is 584. The van der Waals surface area contributed by atoms with Crippen molar-refractivity contribution < 1.29 is 9.59 Å². The van der Waals surface area contributed by atoms with Crippen LogP contribution in [0.2, 0.25) is 0 Å². The molecule has 19 heavy (non-hydrogen) atoms. The lowest BCUT2D eigenvalue weighted by Gasteiger charge is -2.04. The molecule has 0 saturated carbocycles. The second kappa shape index (κ2) is 5.51. The lowest BCUT2D eigenvalue weighted by molar-refractivity contribution is 0.0945. The molecule has 0 bridgehead atoms. The summed E-state index contributed by atoms with van der Waals surface area (Å²) in [5.74, 6) is -0.235. The molecule has 0 aliphatic carbocycles. The summed E-state index contributed by atoms with van der Waals surface area (Å²) in [5, 5.41) is 2.81. The number of ketones is 1. The van der Waals surface area contributed by atoms with E-state index >= 15 is 0 Å². The molecule has 2 aromatic heterocycles. The predicted octanol–water partition coefficient (Wildman–Crippen LogP) is 0.923. The van der Waals surface area contributed by atoms with E-state index in [-0.39, 0.29) is 11.7 Å². The molecule has 2 aromatic rings. The van der Waals surface area contributed by atoms with Crippen LogP contribution in [0.4, 0.5) is 0 Å². The van der Waals surface area contributed by atoms with Gasteiger partial charge in [0.15, 0.2) is 5.78 Å². The molecule has 2 rings (SSSR count). The first kappa shape index (κ1) is 13.1. The van der Waals surface area contributed by atoms with Crippen molar-refractivity contribution in [2.45, 2.75) is 13.3 Å². The summed E-state index contributed by atoms with van der Waals surface area (Å²) >= 11 is 0. The van der Waals surface area contributed by atoms with Crippen LogP contribution in [0.5, 0.6) is 0 Å². The van der Waals surface area contributed by atoms with Crippen molar-refractivity contribution in [1.29, 1.82) is 0 Å². The van der Waals surface area contributed by atoms with E-state index in [9.17, 15) is 9.59 Å². The second-order valence-corrected chi connectivity index (χ2v) is 4.36. The number of nitrogens with zero attached hydrogens (tertiary/aromatic N) is 2. The topological polar surface area (TPSA) is 79.8 Å². The highest BCUT2D eigenvalue weighted by Gasteiger charge is 2.13. The fourth-order valence-electron chi connectivity index (χ4n) is 1.81. The summed E-state index contributed by atoms with van der Waals surface area (Å²) in [6.45, 7) is 2.00. The van der Waals surface area contributed by atoms with E-state index in [2.05, 4.69) is 15.3 Å². The van der Waals surface area contributed by atoms with E-state index in [1.807, 2.05) is 0 Å². The Labute approximate surface area is 110 Å². The van der Waals surface area contributed by atoms with Gasteiger partial charge < -0.3 is 14.9 Å². The van der Waals surface area contributed by atoms with Crippen LogP contribution in [0.25, 0.3) is 0 Å². The van der Waals surface area contributed by atoms with E-state index in [4.69, 9.17) is 0 Å². The van der Waals surface area contributed by atoms with Crippen LogP contribution in [0.1, 0.15) is 33.5 Å². The first-order valence-electron chi connectivity index (χ1n) is 6.00. The maximum atomic E-state index is 12.0. The number of H-pyrrole nitrogens is 1. The molecule has 0 aliphatic heterocycles. The third-order valence-electron chi connectivity index (χ3n) is 2.88. The van der Waals surface area contributed by atoms with Gasteiger partial charge in [0, 0.05) is 43.7 Å². The maximum absolute atomic E-state index is 12.0. The van der Waals surface area contributed by atoms with E-state index in [0.717, 1.165) is 5.69 Å². The van der Waals surface area contributed by atoms with Gasteiger partial charge >= 0.3 is 0 Å². The normalized spacial score (nSPS) is 10.4. The molecule has 0 aromatic carbocycles. The number of aromatic nitrogens is 3. The Balaban J connectivity index is 1.94. The van der Waals surface area contributed by atoms with Crippen LogP contribution in [0, 0.1) is 0 Å². The summed E-state index contributed by atoms with van der Waals surface area (Å²) in [6.07, 6.45) is 5.68. The molecule has 0 fully saturated rings. The minimum Gasteiger partial charge on any atom is -0.350 e. The van der Waals surface area contributed by atoms with E-state index in [1.165, 1.54) is 6.92 Å². The van der Waals surface area contributed by atoms with Gasteiger partial charge in [0.2, 0.25) is 0 Å². The van der Waals surface area contributed by atoms with E-state index in [0.29, 0.717) is 24.2 Å². The molecule has 0 spiro atoms. The second-order valence-electron chi connectivity index (χ2n) is 4.36. The minimum absolute atomic E-state index is 0.0490. The minimum atomic E-state index is -0.186. The molecule has 0 saturated heterocycles. The molecule has 0 unspecified atom stereocenters. The zero-order valence-corrected chi connectivity index (χ0v) is 10.9. The number of aromatic amines is 1. The summed E-state index contributed by atoms with van der Waals surface area (Å²) in [7, 11) is 1.75. The van der Waals surface area contributed by atoms with Crippen molar-refractivity contribution in [3.05, 3.63) is 41.7 Å². The van der Waals surface area contributed by atoms with Crippen molar-refractivity contribution in [1.82, 2.24) is 19.9 Å². The number of hydrogen-bond acceptors (Lipinski definition) is 3. The fraction of sp³-hybridized carbons (Fsp3) is 0.308. The SMILES string of the molecule is CC(=O)c1cc(C(=O)NCCc2cnc[nH]2)n(C)c1. The van der Waals surface area contributed by atoms with Gasteiger partial charge in [-0.3, -0.25) is 9.59 Å². The number of imidazole rings is 1. The first-order valence-corrected chi connectivity index (χ1v) is 6.00. The zero-order valence-electron chi connectivity index (χ0n) is 10.9. The smallest absolute Gasteiger partial charge is 0.267 e. The molecular formula is C13H16N4O2. The first-order chi connectivity index (χ1) is 9.08. The van der Waals surface area contributed by atoms with Crippen LogP contribution in [0.15, 0.2) is 24.8 Å². The molecule has 100 valence electrons. The van der Waals surface area contributed by atoms with Gasteiger partial charge in [0.1, 0.15) is 5.69 Å². The highest BCUT2D eigenvalue weighted by Crippen LogP contribution is 2.08. The molecule has 0 radical (unpaired) electrons. The van der Waals surface area contributed by atoms with E-state index in [1.54, 1.807) is 36.4 Å². The Kier molecular flexibility index (Phi) is 3.79. The van der Waals surface area contributed by atoms with Crippen molar-refractivity contribution in [2.24, 2.45) is 7.05 Å². The van der Waals surface area contributed by atoms with Crippen LogP contribution in [0.3, 0.4) is 0 Å². The van der Waals surface area contributed by atoms with Gasteiger partial charge in [-0.05, 0) is 13.0 Å². The van der Waals surface area contributed by atoms with Crippen molar-refractivity contribution in [3.63, 3.8) is 0 Å². The third kappa shape index (κ3) is 3.09. The van der Waals surface area contributed by atoms with Crippen molar-refractivity contribution in [3.8, 4) is 0 Å². The highest BCUT2D eigenvalue weighted by molar-refractivity contribution is 5.99. The van der Waals surface area contributed by atoms with Crippen LogP contribution in [-0.4, -0.2) is 32.8 Å². The van der Waals surface area contributed by atoms with Gasteiger partial charge in [-0.1, -0.05) is 0 Å². The predicted molar refractivity (Wildman–Crippen MR) is 70.0 cm³/mol. The molecule has 2 heterocycles. The molecule has 0 atom stereocenters. The Morgan fingerprint density at radius 2 is 2.26 bits per heavy atom. The number of carbonyl (C=O) groups excluding carboxylic acids is 2. The van der Waals surface area contributed by atoms with Crippen LogP contribution < -0.4 is 5.32 Å². The number of aryl methyl sites for hydroxylation is 1. The standard InChI is InChI=1S/C13H16N4O2/c1-9(18)10-5-12(17(2)7-10)13(19)15-4-3-11-6-14-8-16-11/h5-8H,3-4H2,1-2H3,(H,14,16)(H,15,19). The number of hydrogen-bond donors (Lipinski definition) is 2. The fourth-order valence-corrected chi connectivity index (χ4v) is 1.81. The van der Waals surface area contributed by atoms with Crippen molar-refractivity contribution >= 4 is 11.7 Å². The van der Waals surface area contributed by atoms with Gasteiger partial charge in [-0.15, -0.1) is 0 Å². The highest BCUT2D eigenvalue weighted by atomic mass is 16.2. The molecule has 6 heteroatoms. The average molecular weight is 260 g/mol. The molecular weight excluding hydrogens is 244 g/mol. The Morgan fingerprint density at radius 3 is 2.84 bits per heavy atom. The van der Waals surface area contributed by atoms with Crippen LogP contribution >= 0.6 is 0 Å². The number of amides is 1. The lowest BCUT2D eigenvalue weighted by Crippen LogP contribution is -2.27. The molecule has 6 nitrogen and oxygen atoms in total. The average Bonchev–Trinajstić information content (AvgIpc) is 2.98. The monoisotopic (exact) mass is 260 g/mol. The number of nitrogens with one attached hydrogen (secondary N) is 2. The van der Waals surface area contributed by atoms with Gasteiger partial charge in [0.25, 0.3) is 5.91 Å². The number of carbonyl (C=O) groups is 2. The van der Waals surface area contributed by atoms with Crippen LogP contribution in [-0.2, 0) is 13.5 Å². The van der Waals surface area contributed by atoms with Crippen molar-refractivity contribution in [2.75, 3.05) is 6.54 Å². The number of Topliss-reactive ketones (excluding diaryl/α,β-unsaturated/α-hetero) is 1. The lowest BCUT2D eigenvalue weighted by atomic mass is 10.2. The third-order valence-corrected chi connectivity index (χ3v) is 2.88. The molecule has 2 N–H and O–H groups in total. The van der Waals surface area contributed by atoms with Gasteiger partial charge in [-0.25, -0.2) is 4.98 Å². The maximum Gasteiger partial charge on any atom is 0.267 e. The van der Waals surface area contributed by atoms with E-state index < -0.39 is 0 Å². The van der Waals surface area contributed by atoms with Gasteiger partial charge in [-0.2, -0.15) is 0 Å². The summed E-state index contributed by atoms with van der Waals surface area (Å²) in [6, 6.07) is 1.61. The molecule has 0 aliphatic rings. The van der Waals surface area contributed by atoms with Gasteiger partial charge in [0.05, 0.1) is 6.33 Å².